The van der Waals surface area contributed by atoms with Crippen LogP contribution in [0.4, 0.5) is 5.95 Å². The highest BCUT2D eigenvalue weighted by atomic mass is 15.7. The molecule has 1 aromatic heterocycles. The molecular weight excluding hydrogens is 156 g/mol. The van der Waals surface area contributed by atoms with E-state index in [2.05, 4.69) is 25.8 Å². The number of aromatic nitrogens is 3. The summed E-state index contributed by atoms with van der Waals surface area (Å²) in [4.78, 5) is 11.9. The molecule has 1 aromatic rings. The number of hydrogen-bond donors (Lipinski definition) is 2. The van der Waals surface area contributed by atoms with Crippen molar-refractivity contribution in [3.8, 4) is 0 Å². The Kier molecular flexibility index (Phi) is 2.89. The lowest BCUT2D eigenvalue weighted by Crippen LogP contribution is -2.45. The zero-order valence-electron chi connectivity index (χ0n) is 7.37. The van der Waals surface area contributed by atoms with Crippen LogP contribution >= 0.6 is 0 Å². The zero-order valence-corrected chi connectivity index (χ0v) is 7.37. The zero-order chi connectivity index (χ0) is 8.97. The number of nitrogens with zero attached hydrogens (tertiary/aromatic N) is 4. The molecular formula is C6H12N6. The highest BCUT2D eigenvalue weighted by Gasteiger charge is 2.03. The van der Waals surface area contributed by atoms with Gasteiger partial charge in [0, 0.05) is 14.1 Å². The highest BCUT2D eigenvalue weighted by molar-refractivity contribution is 5.23. The molecule has 0 fully saturated rings. The lowest BCUT2D eigenvalue weighted by atomic mass is 10.7. The Morgan fingerprint density at radius 1 is 1.25 bits per heavy atom. The molecule has 1 heterocycles. The Morgan fingerprint density at radius 2 is 1.92 bits per heavy atom. The summed E-state index contributed by atoms with van der Waals surface area (Å²) in [6.45, 7) is 1.81. The van der Waals surface area contributed by atoms with Gasteiger partial charge in [0.1, 0.15) is 12.2 Å². The van der Waals surface area contributed by atoms with Gasteiger partial charge in [0.25, 0.3) is 5.95 Å². The minimum Gasteiger partial charge on any atom is -0.222 e. The van der Waals surface area contributed by atoms with E-state index >= 15 is 0 Å². The molecule has 1 rings (SSSR count). The summed E-state index contributed by atoms with van der Waals surface area (Å²) in [5, 5.41) is 1.59. The van der Waals surface area contributed by atoms with Gasteiger partial charge < -0.3 is 0 Å². The topological polar surface area (TPSA) is 66.0 Å². The van der Waals surface area contributed by atoms with E-state index in [0.29, 0.717) is 11.8 Å². The second kappa shape index (κ2) is 3.93. The average molecular weight is 168 g/mol. The highest BCUT2D eigenvalue weighted by Crippen LogP contribution is 1.98. The van der Waals surface area contributed by atoms with E-state index in [4.69, 9.17) is 0 Å². The van der Waals surface area contributed by atoms with Gasteiger partial charge in [0.05, 0.1) is 0 Å². The molecule has 0 saturated carbocycles. The normalized spacial score (nSPS) is 9.92. The number of nitrogens with one attached hydrogen (secondary N) is 2. The van der Waals surface area contributed by atoms with Crippen LogP contribution in [0, 0.1) is 6.92 Å². The molecule has 0 aromatic carbocycles. The van der Waals surface area contributed by atoms with E-state index in [-0.39, 0.29) is 0 Å². The molecule has 0 spiro atoms. The first kappa shape index (κ1) is 8.82. The fourth-order valence-corrected chi connectivity index (χ4v) is 0.786. The molecule has 0 bridgehead atoms. The first-order chi connectivity index (χ1) is 5.77. The van der Waals surface area contributed by atoms with E-state index in [0.717, 1.165) is 0 Å². The van der Waals surface area contributed by atoms with Crippen LogP contribution in [0.25, 0.3) is 0 Å². The van der Waals surface area contributed by atoms with E-state index in [1.165, 1.54) is 6.33 Å². The molecule has 0 unspecified atom stereocenters. The Hall–Kier alpha value is -1.27. The van der Waals surface area contributed by atoms with E-state index in [1.807, 2.05) is 6.92 Å². The summed E-state index contributed by atoms with van der Waals surface area (Å²) in [7, 11) is 3.55. The van der Waals surface area contributed by atoms with Crippen molar-refractivity contribution in [3.63, 3.8) is 0 Å². The Balaban J connectivity index is 2.85. The summed E-state index contributed by atoms with van der Waals surface area (Å²) in [6.07, 6.45) is 1.47. The predicted molar refractivity (Wildman–Crippen MR) is 45.2 cm³/mol. The molecule has 6 heteroatoms. The SMILES string of the molecule is CNN(NC)c1ncnc(C)n1. The summed E-state index contributed by atoms with van der Waals surface area (Å²) in [5.41, 5.74) is 5.73. The van der Waals surface area contributed by atoms with Gasteiger partial charge in [-0.15, -0.1) is 0 Å². The second-order valence-corrected chi connectivity index (χ2v) is 2.12. The largest absolute Gasteiger partial charge is 0.258 e. The van der Waals surface area contributed by atoms with Crippen molar-refractivity contribution in [2.75, 3.05) is 19.2 Å². The molecule has 0 atom stereocenters. The van der Waals surface area contributed by atoms with Crippen LogP contribution in [0.5, 0.6) is 0 Å². The third kappa shape index (κ3) is 1.86. The van der Waals surface area contributed by atoms with Crippen LogP contribution in [0.1, 0.15) is 5.82 Å². The third-order valence-corrected chi connectivity index (χ3v) is 1.33. The summed E-state index contributed by atoms with van der Waals surface area (Å²) >= 11 is 0. The summed E-state index contributed by atoms with van der Waals surface area (Å²) in [6, 6.07) is 0. The smallest absolute Gasteiger partial charge is 0.222 e. The minimum absolute atomic E-state index is 0.549. The number of hydrazine groups is 2. The van der Waals surface area contributed by atoms with Crippen molar-refractivity contribution in [1.29, 1.82) is 0 Å². The van der Waals surface area contributed by atoms with Crippen LogP contribution in [0.2, 0.25) is 0 Å². The van der Waals surface area contributed by atoms with Crippen molar-refractivity contribution < 1.29 is 0 Å². The Morgan fingerprint density at radius 3 is 2.42 bits per heavy atom. The van der Waals surface area contributed by atoms with E-state index in [1.54, 1.807) is 19.2 Å². The second-order valence-electron chi connectivity index (χ2n) is 2.12. The van der Waals surface area contributed by atoms with Gasteiger partial charge in [-0.3, -0.25) is 0 Å². The average Bonchev–Trinajstić information content (AvgIpc) is 2.07. The molecule has 0 radical (unpaired) electrons. The maximum absolute atomic E-state index is 4.09. The first-order valence-electron chi connectivity index (χ1n) is 3.58. The van der Waals surface area contributed by atoms with Crippen molar-refractivity contribution in [2.24, 2.45) is 0 Å². The van der Waals surface area contributed by atoms with Crippen LogP contribution < -0.4 is 16.0 Å². The maximum Gasteiger partial charge on any atom is 0.258 e. The van der Waals surface area contributed by atoms with Crippen LogP contribution in [-0.2, 0) is 0 Å². The van der Waals surface area contributed by atoms with Crippen LogP contribution in [-0.4, -0.2) is 29.0 Å². The monoisotopic (exact) mass is 168 g/mol. The molecule has 0 amide bonds. The Labute approximate surface area is 71.0 Å². The lowest BCUT2D eigenvalue weighted by Gasteiger charge is -2.18. The number of rotatable bonds is 3. The standard InChI is InChI=1S/C6H12N6/c1-5-9-4-10-6(11-5)12(7-2)8-3/h4,7-8H,1-3H3. The van der Waals surface area contributed by atoms with Gasteiger partial charge >= 0.3 is 0 Å². The number of aryl methyl sites for hydroxylation is 1. The molecule has 0 aliphatic heterocycles. The van der Waals surface area contributed by atoms with E-state index < -0.39 is 0 Å². The third-order valence-electron chi connectivity index (χ3n) is 1.33. The van der Waals surface area contributed by atoms with Crippen molar-refractivity contribution in [1.82, 2.24) is 25.8 Å². The molecule has 0 aliphatic rings. The van der Waals surface area contributed by atoms with Gasteiger partial charge in [0.2, 0.25) is 0 Å². The minimum atomic E-state index is 0.549. The molecule has 66 valence electrons. The van der Waals surface area contributed by atoms with Gasteiger partial charge in [0.15, 0.2) is 0 Å². The van der Waals surface area contributed by atoms with Crippen molar-refractivity contribution >= 4 is 5.95 Å². The summed E-state index contributed by atoms with van der Waals surface area (Å²) < 4.78 is 0. The predicted octanol–water partition coefficient (Wildman–Crippen LogP) is -0.745. The first-order valence-corrected chi connectivity index (χ1v) is 3.58. The number of hydrogen-bond acceptors (Lipinski definition) is 6. The van der Waals surface area contributed by atoms with Crippen molar-refractivity contribution in [2.45, 2.75) is 6.92 Å². The Bertz CT molecular complexity index is 246. The quantitative estimate of drug-likeness (QED) is 0.579. The maximum atomic E-state index is 4.09. The fraction of sp³-hybridized carbons (Fsp3) is 0.500. The van der Waals surface area contributed by atoms with Crippen LogP contribution in [0.3, 0.4) is 0 Å². The number of anilines is 1. The molecule has 12 heavy (non-hydrogen) atoms. The summed E-state index contributed by atoms with van der Waals surface area (Å²) in [5.74, 6) is 1.24. The molecule has 0 saturated heterocycles. The molecule has 2 N–H and O–H groups in total. The van der Waals surface area contributed by atoms with Gasteiger partial charge in [-0.2, -0.15) is 9.97 Å². The van der Waals surface area contributed by atoms with Gasteiger partial charge in [-0.1, -0.05) is 0 Å². The van der Waals surface area contributed by atoms with Gasteiger partial charge in [-0.05, 0) is 6.92 Å². The lowest BCUT2D eigenvalue weighted by molar-refractivity contribution is 0.599. The van der Waals surface area contributed by atoms with E-state index in [9.17, 15) is 0 Å². The molecule has 6 nitrogen and oxygen atoms in total. The van der Waals surface area contributed by atoms with Crippen LogP contribution in [0.15, 0.2) is 6.33 Å². The van der Waals surface area contributed by atoms with Gasteiger partial charge in [-0.25, -0.2) is 21.0 Å². The van der Waals surface area contributed by atoms with Crippen molar-refractivity contribution in [3.05, 3.63) is 12.2 Å². The molecule has 0 aliphatic carbocycles. The fourth-order valence-electron chi connectivity index (χ4n) is 0.786.